The van der Waals surface area contributed by atoms with Gasteiger partial charge >= 0.3 is 0 Å². The predicted octanol–water partition coefficient (Wildman–Crippen LogP) is 2.41. The summed E-state index contributed by atoms with van der Waals surface area (Å²) in [5.41, 5.74) is 2.10. The molecule has 0 aliphatic carbocycles. The number of H-pyrrole nitrogens is 1. The second-order valence-electron chi connectivity index (χ2n) is 5.36. The van der Waals surface area contributed by atoms with Crippen LogP contribution in [0.5, 0.6) is 0 Å². The average molecular weight is 322 g/mol. The highest BCUT2D eigenvalue weighted by atomic mass is 19.1. The maximum absolute atomic E-state index is 12.9. The van der Waals surface area contributed by atoms with Crippen molar-refractivity contribution in [3.8, 4) is 11.3 Å². The zero-order valence-electron chi connectivity index (χ0n) is 12.4. The Kier molecular flexibility index (Phi) is 3.19. The van der Waals surface area contributed by atoms with Gasteiger partial charge in [0.2, 0.25) is 5.95 Å². The molecule has 3 heterocycles. The zero-order chi connectivity index (χ0) is 16.7. The fourth-order valence-corrected chi connectivity index (χ4v) is 2.66. The Bertz CT molecular complexity index is 914. The van der Waals surface area contributed by atoms with Crippen LogP contribution in [0.3, 0.4) is 0 Å². The summed E-state index contributed by atoms with van der Waals surface area (Å²) < 4.78 is 12.9. The van der Waals surface area contributed by atoms with E-state index in [-0.39, 0.29) is 18.4 Å². The molecule has 118 valence electrons. The molecule has 1 aromatic carbocycles. The van der Waals surface area contributed by atoms with Crippen molar-refractivity contribution in [2.45, 2.75) is 6.54 Å². The molecular weight excluding hydrogens is 311 g/mol. The zero-order valence-corrected chi connectivity index (χ0v) is 12.4. The standard InChI is InChI=1S/C17H11FN4O2/c18-14-6-5-10(7-19-14)13-8-20-15(21-13)9-22-16(23)11-3-1-2-4-12(11)17(22)24/h1-8H,9H2,(H,20,21). The number of imide groups is 1. The second-order valence-corrected chi connectivity index (χ2v) is 5.36. The van der Waals surface area contributed by atoms with Crippen molar-refractivity contribution in [1.29, 1.82) is 0 Å². The monoisotopic (exact) mass is 322 g/mol. The van der Waals surface area contributed by atoms with E-state index < -0.39 is 5.95 Å². The summed E-state index contributed by atoms with van der Waals surface area (Å²) in [7, 11) is 0. The molecule has 4 rings (SSSR count). The first-order valence-corrected chi connectivity index (χ1v) is 7.24. The molecule has 1 aliphatic heterocycles. The number of nitrogens with one attached hydrogen (secondary N) is 1. The van der Waals surface area contributed by atoms with Crippen LogP contribution in [0.25, 0.3) is 11.3 Å². The van der Waals surface area contributed by atoms with E-state index in [1.807, 2.05) is 0 Å². The molecule has 0 fully saturated rings. The Morgan fingerprint density at radius 2 is 1.67 bits per heavy atom. The van der Waals surface area contributed by atoms with Crippen LogP contribution in [-0.2, 0) is 6.54 Å². The summed E-state index contributed by atoms with van der Waals surface area (Å²) in [6.45, 7) is 0.0426. The van der Waals surface area contributed by atoms with E-state index in [0.717, 1.165) is 4.90 Å². The van der Waals surface area contributed by atoms with Gasteiger partial charge in [-0.25, -0.2) is 9.97 Å². The van der Waals surface area contributed by atoms with Gasteiger partial charge < -0.3 is 4.98 Å². The average Bonchev–Trinajstić information content (AvgIpc) is 3.16. The van der Waals surface area contributed by atoms with E-state index in [0.29, 0.717) is 28.2 Å². The number of nitrogens with zero attached hydrogens (tertiary/aromatic N) is 3. The van der Waals surface area contributed by atoms with Crippen molar-refractivity contribution in [3.63, 3.8) is 0 Å². The lowest BCUT2D eigenvalue weighted by Gasteiger charge is -2.11. The SMILES string of the molecule is O=C1c2ccccc2C(=O)N1Cc1ncc(-c2ccc(F)nc2)[nH]1. The summed E-state index contributed by atoms with van der Waals surface area (Å²) in [5, 5.41) is 0. The van der Waals surface area contributed by atoms with Crippen LogP contribution in [0.1, 0.15) is 26.5 Å². The highest BCUT2D eigenvalue weighted by molar-refractivity contribution is 6.21. The Morgan fingerprint density at radius 3 is 2.29 bits per heavy atom. The number of rotatable bonds is 3. The second kappa shape index (κ2) is 5.38. The number of aromatic nitrogens is 3. The van der Waals surface area contributed by atoms with Crippen molar-refractivity contribution in [2.75, 3.05) is 0 Å². The number of hydrogen-bond acceptors (Lipinski definition) is 4. The first kappa shape index (κ1) is 14.3. The van der Waals surface area contributed by atoms with Gasteiger partial charge in [0.25, 0.3) is 11.8 Å². The number of fused-ring (bicyclic) bond motifs is 1. The van der Waals surface area contributed by atoms with Gasteiger partial charge in [-0.3, -0.25) is 14.5 Å². The number of imidazole rings is 1. The van der Waals surface area contributed by atoms with Gasteiger partial charge in [-0.15, -0.1) is 0 Å². The van der Waals surface area contributed by atoms with Crippen LogP contribution in [0.4, 0.5) is 4.39 Å². The van der Waals surface area contributed by atoms with Crippen molar-refractivity contribution in [2.24, 2.45) is 0 Å². The molecule has 3 aromatic rings. The first-order chi connectivity index (χ1) is 11.6. The topological polar surface area (TPSA) is 79.0 Å². The lowest BCUT2D eigenvalue weighted by Crippen LogP contribution is -2.29. The summed E-state index contributed by atoms with van der Waals surface area (Å²) in [4.78, 5) is 36.6. The molecule has 0 spiro atoms. The number of pyridine rings is 1. The minimum atomic E-state index is -0.565. The number of halogens is 1. The maximum atomic E-state index is 12.9. The number of amides is 2. The lowest BCUT2D eigenvalue weighted by atomic mass is 10.1. The molecular formula is C17H11FN4O2. The molecule has 7 heteroatoms. The van der Waals surface area contributed by atoms with E-state index in [2.05, 4.69) is 15.0 Å². The number of aromatic amines is 1. The summed E-state index contributed by atoms with van der Waals surface area (Å²) >= 11 is 0. The maximum Gasteiger partial charge on any atom is 0.261 e. The highest BCUT2D eigenvalue weighted by Gasteiger charge is 2.35. The molecule has 0 atom stereocenters. The van der Waals surface area contributed by atoms with Crippen molar-refractivity contribution < 1.29 is 14.0 Å². The Labute approximate surface area is 136 Å². The molecule has 1 aliphatic rings. The minimum absolute atomic E-state index is 0.0426. The summed E-state index contributed by atoms with van der Waals surface area (Å²) in [5.74, 6) is -0.776. The number of hydrogen-bond donors (Lipinski definition) is 1. The van der Waals surface area contributed by atoms with Crippen LogP contribution in [-0.4, -0.2) is 31.7 Å². The third-order valence-electron chi connectivity index (χ3n) is 3.85. The van der Waals surface area contributed by atoms with E-state index in [9.17, 15) is 14.0 Å². The van der Waals surface area contributed by atoms with Crippen LogP contribution >= 0.6 is 0 Å². The Hall–Kier alpha value is -3.35. The van der Waals surface area contributed by atoms with Crippen molar-refractivity contribution in [1.82, 2.24) is 19.9 Å². The van der Waals surface area contributed by atoms with Gasteiger partial charge in [-0.2, -0.15) is 4.39 Å². The van der Waals surface area contributed by atoms with E-state index in [1.54, 1.807) is 36.5 Å². The van der Waals surface area contributed by atoms with Crippen molar-refractivity contribution >= 4 is 11.8 Å². The molecule has 1 N–H and O–H groups in total. The number of benzene rings is 1. The van der Waals surface area contributed by atoms with E-state index >= 15 is 0 Å². The summed E-state index contributed by atoms with van der Waals surface area (Å²) in [6, 6.07) is 9.53. The third-order valence-corrected chi connectivity index (χ3v) is 3.85. The molecule has 2 aromatic heterocycles. The Morgan fingerprint density at radius 1 is 0.958 bits per heavy atom. The smallest absolute Gasteiger partial charge is 0.261 e. The van der Waals surface area contributed by atoms with Gasteiger partial charge in [0.15, 0.2) is 0 Å². The molecule has 0 saturated heterocycles. The van der Waals surface area contributed by atoms with Crippen LogP contribution in [0.15, 0.2) is 48.8 Å². The summed E-state index contributed by atoms with van der Waals surface area (Å²) in [6.07, 6.45) is 2.94. The predicted molar refractivity (Wildman–Crippen MR) is 82.4 cm³/mol. The van der Waals surface area contributed by atoms with Gasteiger partial charge in [0, 0.05) is 11.8 Å². The van der Waals surface area contributed by atoms with Gasteiger partial charge in [-0.05, 0) is 24.3 Å². The first-order valence-electron chi connectivity index (χ1n) is 7.24. The number of carbonyl (C=O) groups is 2. The molecule has 0 unspecified atom stereocenters. The van der Waals surface area contributed by atoms with Gasteiger partial charge in [0.05, 0.1) is 29.6 Å². The highest BCUT2D eigenvalue weighted by Crippen LogP contribution is 2.24. The van der Waals surface area contributed by atoms with Gasteiger partial charge in [-0.1, -0.05) is 12.1 Å². The number of carbonyl (C=O) groups excluding carboxylic acids is 2. The normalized spacial score (nSPS) is 13.5. The molecule has 0 saturated carbocycles. The fourth-order valence-electron chi connectivity index (χ4n) is 2.66. The fraction of sp³-hybridized carbons (Fsp3) is 0.0588. The van der Waals surface area contributed by atoms with Crippen molar-refractivity contribution in [3.05, 3.63) is 71.7 Å². The third kappa shape index (κ3) is 2.26. The van der Waals surface area contributed by atoms with Gasteiger partial charge in [0.1, 0.15) is 5.82 Å². The van der Waals surface area contributed by atoms with Crippen LogP contribution in [0, 0.1) is 5.95 Å². The quantitative estimate of drug-likeness (QED) is 0.593. The lowest BCUT2D eigenvalue weighted by molar-refractivity contribution is 0.0638. The van der Waals surface area contributed by atoms with Crippen LogP contribution < -0.4 is 0 Å². The molecule has 24 heavy (non-hydrogen) atoms. The minimum Gasteiger partial charge on any atom is -0.340 e. The van der Waals surface area contributed by atoms with E-state index in [4.69, 9.17) is 0 Å². The van der Waals surface area contributed by atoms with E-state index in [1.165, 1.54) is 12.3 Å². The molecule has 6 nitrogen and oxygen atoms in total. The molecule has 2 amide bonds. The largest absolute Gasteiger partial charge is 0.340 e. The molecule has 0 radical (unpaired) electrons. The molecule has 0 bridgehead atoms. The van der Waals surface area contributed by atoms with Crippen LogP contribution in [0.2, 0.25) is 0 Å². The Balaban J connectivity index is 1.58.